The number of likely N-dealkylation sites (N-methyl/N-ethyl adjacent to an activating group) is 1. The normalized spacial score (nSPS) is 20.8. The molecule has 2 N–H and O–H groups in total. The summed E-state index contributed by atoms with van der Waals surface area (Å²) in [5.74, 6) is 0.00187. The Bertz CT molecular complexity index is 1310. The maximum atomic E-state index is 14.2. The van der Waals surface area contributed by atoms with Crippen molar-refractivity contribution in [3.05, 3.63) is 84.0 Å². The number of hydrogen-bond acceptors (Lipinski definition) is 4. The van der Waals surface area contributed by atoms with Gasteiger partial charge < -0.3 is 15.4 Å². The van der Waals surface area contributed by atoms with Gasteiger partial charge in [-0.25, -0.2) is 13.5 Å². The zero-order valence-corrected chi connectivity index (χ0v) is 23.9. The van der Waals surface area contributed by atoms with Crippen LogP contribution in [0.25, 0.3) is 0 Å². The molecule has 0 aromatic heterocycles. The zero-order chi connectivity index (χ0) is 29.6. The zero-order valence-electron chi connectivity index (χ0n) is 23.1. The molecule has 3 atom stereocenters. The summed E-state index contributed by atoms with van der Waals surface area (Å²) in [6, 6.07) is 14.5. The Balaban J connectivity index is 1.43. The van der Waals surface area contributed by atoms with Crippen LogP contribution in [0.15, 0.2) is 88.3 Å². The van der Waals surface area contributed by atoms with E-state index in [1.54, 1.807) is 16.3 Å². The summed E-state index contributed by atoms with van der Waals surface area (Å²) in [5, 5.41) is 0. The number of aliphatic imine (C=N–C) groups is 1. The molecule has 2 aromatic carbocycles. The van der Waals surface area contributed by atoms with Crippen LogP contribution in [0, 0.1) is 11.8 Å². The summed E-state index contributed by atoms with van der Waals surface area (Å²) >= 11 is 0. The molecule has 2 aromatic rings. The van der Waals surface area contributed by atoms with Crippen molar-refractivity contribution in [2.45, 2.75) is 43.0 Å². The van der Waals surface area contributed by atoms with Gasteiger partial charge in [0.05, 0.1) is 11.2 Å². The summed E-state index contributed by atoms with van der Waals surface area (Å²) in [7, 11) is 0.257. The van der Waals surface area contributed by atoms with E-state index >= 15 is 0 Å². The average molecular weight is 589 g/mol. The Labute approximate surface area is 241 Å². The molecule has 0 radical (unpaired) electrons. The predicted octanol–water partition coefficient (Wildman–Crippen LogP) is 5.18. The van der Waals surface area contributed by atoms with E-state index in [0.717, 1.165) is 29.7 Å². The lowest BCUT2D eigenvalue weighted by Gasteiger charge is -2.38. The maximum absolute atomic E-state index is 14.2. The van der Waals surface area contributed by atoms with Gasteiger partial charge in [-0.15, -0.1) is 13.2 Å². The first-order valence-corrected chi connectivity index (χ1v) is 14.6. The van der Waals surface area contributed by atoms with E-state index in [9.17, 15) is 22.2 Å². The summed E-state index contributed by atoms with van der Waals surface area (Å²) in [6.07, 6.45) is 4.73. The third kappa shape index (κ3) is 7.26. The number of nitrogens with two attached hydrogens (primary N) is 1. The van der Waals surface area contributed by atoms with Gasteiger partial charge in [0, 0.05) is 26.7 Å². The third-order valence-corrected chi connectivity index (χ3v) is 8.96. The molecular weight excluding hydrogens is 553 g/mol. The second-order valence-electron chi connectivity index (χ2n) is 10.4. The number of carbonyl (C=O) groups excluding carboxylic acids is 1. The van der Waals surface area contributed by atoms with Gasteiger partial charge in [0.25, 0.3) is 5.91 Å². The lowest BCUT2D eigenvalue weighted by atomic mass is 9.78. The van der Waals surface area contributed by atoms with Crippen molar-refractivity contribution in [2.24, 2.45) is 22.6 Å². The summed E-state index contributed by atoms with van der Waals surface area (Å²) in [4.78, 5) is 20.9. The fourth-order valence-electron chi connectivity index (χ4n) is 5.32. The lowest BCUT2D eigenvalue weighted by Crippen LogP contribution is -2.48. The molecular formula is C30H35F3N4O3S. The predicted molar refractivity (Wildman–Crippen MR) is 153 cm³/mol. The Morgan fingerprint density at radius 2 is 1.80 bits per heavy atom. The molecule has 220 valence electrons. The van der Waals surface area contributed by atoms with Gasteiger partial charge in [0.1, 0.15) is 16.7 Å². The van der Waals surface area contributed by atoms with Crippen LogP contribution in [0.1, 0.15) is 31.7 Å². The number of benzene rings is 2. The number of nitrogens with zero attached hydrogens (tertiary/aromatic N) is 3. The van der Waals surface area contributed by atoms with Crippen molar-refractivity contribution in [2.75, 3.05) is 26.7 Å². The Morgan fingerprint density at radius 1 is 1.15 bits per heavy atom. The van der Waals surface area contributed by atoms with Crippen molar-refractivity contribution in [1.29, 1.82) is 0 Å². The molecule has 11 heteroatoms. The summed E-state index contributed by atoms with van der Waals surface area (Å²) in [5.41, 5.74) is 6.06. The molecule has 1 fully saturated rings. The largest absolute Gasteiger partial charge is 0.573 e. The Kier molecular flexibility index (Phi) is 9.70. The first-order valence-electron chi connectivity index (χ1n) is 13.5. The monoisotopic (exact) mass is 588 g/mol. The summed E-state index contributed by atoms with van der Waals surface area (Å²) < 4.78 is 56.1. The molecule has 7 nitrogen and oxygen atoms in total. The van der Waals surface area contributed by atoms with Crippen LogP contribution in [-0.4, -0.2) is 58.7 Å². The van der Waals surface area contributed by atoms with E-state index in [1.165, 1.54) is 18.5 Å². The number of hydrogen-bond donors (Lipinski definition) is 1. The van der Waals surface area contributed by atoms with Crippen molar-refractivity contribution in [3.8, 4) is 5.75 Å². The molecule has 1 aliphatic heterocycles. The van der Waals surface area contributed by atoms with Crippen LogP contribution in [0.5, 0.6) is 5.75 Å². The molecule has 1 saturated heterocycles. The number of ether oxygens (including phenoxy) is 1. The number of allylic oxidation sites excluding steroid dienone is 2. The first kappa shape index (κ1) is 30.5. The van der Waals surface area contributed by atoms with Gasteiger partial charge in [-0.05, 0) is 66.5 Å². The minimum atomic E-state index is -4.78. The van der Waals surface area contributed by atoms with Gasteiger partial charge in [0.15, 0.2) is 5.54 Å². The van der Waals surface area contributed by atoms with Crippen LogP contribution in [0.2, 0.25) is 0 Å². The van der Waals surface area contributed by atoms with E-state index < -0.39 is 22.9 Å². The highest BCUT2D eigenvalue weighted by molar-refractivity contribution is 7.82. The van der Waals surface area contributed by atoms with Crippen LogP contribution in [-0.2, 0) is 21.3 Å². The smallest absolute Gasteiger partial charge is 0.406 e. The molecule has 4 rings (SSSR count). The lowest BCUT2D eigenvalue weighted by molar-refractivity contribution is -0.274. The van der Waals surface area contributed by atoms with Crippen molar-refractivity contribution >= 4 is 23.2 Å². The molecule has 2 aliphatic rings. The van der Waals surface area contributed by atoms with Gasteiger partial charge in [-0.2, -0.15) is 0 Å². The fraction of sp³-hybridized carbons (Fsp3) is 0.400. The Hall–Kier alpha value is -3.44. The van der Waals surface area contributed by atoms with Crippen molar-refractivity contribution in [3.63, 3.8) is 0 Å². The van der Waals surface area contributed by atoms with Gasteiger partial charge in [-0.3, -0.25) is 4.79 Å². The number of alkyl halides is 3. The van der Waals surface area contributed by atoms with Gasteiger partial charge >= 0.3 is 6.36 Å². The van der Waals surface area contributed by atoms with Gasteiger partial charge in [-0.1, -0.05) is 55.5 Å². The highest BCUT2D eigenvalue weighted by Gasteiger charge is 2.45. The van der Waals surface area contributed by atoms with E-state index in [-0.39, 0.29) is 17.6 Å². The third-order valence-electron chi connectivity index (χ3n) is 7.45. The molecule has 1 heterocycles. The van der Waals surface area contributed by atoms with E-state index in [0.29, 0.717) is 43.3 Å². The Morgan fingerprint density at radius 3 is 2.37 bits per heavy atom. The van der Waals surface area contributed by atoms with Crippen molar-refractivity contribution in [1.82, 2.24) is 9.21 Å². The molecule has 0 saturated carbocycles. The van der Waals surface area contributed by atoms with E-state index in [4.69, 9.17) is 5.73 Å². The highest BCUT2D eigenvalue weighted by atomic mass is 32.2. The second-order valence-corrected chi connectivity index (χ2v) is 11.9. The SMILES string of the molecule is CC1C=CC(C(N=CN)(C(=O)N(C)CC2CCN(S(=O)c3ccc(OC(F)(F)F)cc3)CC2)c2ccccc2)=CC1. The standard InChI is InChI=1S/C30H35F3N4O3S/c1-22-8-10-25(11-9-22)29(35-21-34,24-6-4-3-5-7-24)28(38)36(2)20-23-16-18-37(19-17-23)41(39)27-14-12-26(13-15-27)40-30(31,32)33/h3-8,10-15,21-23H,9,16-20H2,1-2H3,(H2,34,35). The minimum absolute atomic E-state index is 0.172. The van der Waals surface area contributed by atoms with Crippen LogP contribution < -0.4 is 10.5 Å². The number of carbonyl (C=O) groups is 1. The molecule has 1 amide bonds. The quantitative estimate of drug-likeness (QED) is 0.323. The molecule has 3 unspecified atom stereocenters. The number of halogens is 3. The van der Waals surface area contributed by atoms with E-state index in [1.807, 2.05) is 36.4 Å². The van der Waals surface area contributed by atoms with Crippen LogP contribution in [0.3, 0.4) is 0 Å². The number of rotatable bonds is 9. The fourth-order valence-corrected chi connectivity index (χ4v) is 6.53. The summed E-state index contributed by atoms with van der Waals surface area (Å²) in [6.45, 7) is 3.66. The van der Waals surface area contributed by atoms with E-state index in [2.05, 4.69) is 28.8 Å². The molecule has 1 aliphatic carbocycles. The number of amides is 1. The number of piperidine rings is 1. The second kappa shape index (κ2) is 13.0. The van der Waals surface area contributed by atoms with Gasteiger partial charge in [0.2, 0.25) is 0 Å². The molecule has 0 spiro atoms. The highest BCUT2D eigenvalue weighted by Crippen LogP contribution is 2.39. The average Bonchev–Trinajstić information content (AvgIpc) is 2.96. The maximum Gasteiger partial charge on any atom is 0.573 e. The first-order chi connectivity index (χ1) is 19.5. The van der Waals surface area contributed by atoms with Crippen LogP contribution in [0.4, 0.5) is 13.2 Å². The minimum Gasteiger partial charge on any atom is -0.406 e. The molecule has 0 bridgehead atoms. The molecule has 41 heavy (non-hydrogen) atoms. The van der Waals surface area contributed by atoms with Crippen LogP contribution >= 0.6 is 0 Å². The topological polar surface area (TPSA) is 88.2 Å². The van der Waals surface area contributed by atoms with Crippen molar-refractivity contribution < 1.29 is 26.9 Å².